The van der Waals surface area contributed by atoms with E-state index in [1.54, 1.807) is 25.3 Å². The molecule has 1 aromatic heterocycles. The van der Waals surface area contributed by atoms with Gasteiger partial charge >= 0.3 is 0 Å². The molecule has 1 aromatic carbocycles. The molecule has 0 aliphatic heterocycles. The molecule has 2 aromatic rings. The topological polar surface area (TPSA) is 71.5 Å². The van der Waals surface area contributed by atoms with Crippen molar-refractivity contribution in [3.05, 3.63) is 39.3 Å². The van der Waals surface area contributed by atoms with Crippen LogP contribution in [0.5, 0.6) is 5.75 Å². The van der Waals surface area contributed by atoms with E-state index in [2.05, 4.69) is 10.3 Å². The zero-order valence-corrected chi connectivity index (χ0v) is 14.1. The summed E-state index contributed by atoms with van der Waals surface area (Å²) in [5.74, 6) is 1.20. The molecule has 1 amide bonds. The third-order valence-corrected chi connectivity index (χ3v) is 5.09. The van der Waals surface area contributed by atoms with Crippen LogP contribution in [0.25, 0.3) is 0 Å². The van der Waals surface area contributed by atoms with E-state index in [1.165, 1.54) is 24.2 Å². The number of aromatic nitrogens is 1. The fourth-order valence-corrected chi connectivity index (χ4v) is 3.56. The van der Waals surface area contributed by atoms with Gasteiger partial charge in [-0.25, -0.2) is 4.98 Å². The first-order chi connectivity index (χ1) is 11.1. The molecule has 3 rings (SSSR count). The van der Waals surface area contributed by atoms with Gasteiger partial charge in [0, 0.05) is 17.7 Å². The van der Waals surface area contributed by atoms with Gasteiger partial charge in [0.2, 0.25) is 0 Å². The van der Waals surface area contributed by atoms with Gasteiger partial charge in [-0.05, 0) is 43.9 Å². The normalized spacial score (nSPS) is 13.9. The smallest absolute Gasteiger partial charge is 0.267 e. The first kappa shape index (κ1) is 16.0. The van der Waals surface area contributed by atoms with Crippen molar-refractivity contribution in [3.8, 4) is 5.75 Å². The number of amides is 1. The highest BCUT2D eigenvalue weighted by Gasteiger charge is 2.24. The highest BCUT2D eigenvalue weighted by atomic mass is 32.1. The molecule has 6 heteroatoms. The van der Waals surface area contributed by atoms with E-state index in [0.29, 0.717) is 21.9 Å². The molecular formula is C17H20N2O3S. The lowest BCUT2D eigenvalue weighted by Crippen LogP contribution is -2.11. The Hall–Kier alpha value is -1.92. The summed E-state index contributed by atoms with van der Waals surface area (Å²) in [5.41, 5.74) is 2.05. The van der Waals surface area contributed by atoms with Gasteiger partial charge in [-0.15, -0.1) is 11.3 Å². The molecule has 0 unspecified atom stereocenters. The third kappa shape index (κ3) is 3.71. The Bertz CT molecular complexity index is 723. The summed E-state index contributed by atoms with van der Waals surface area (Å²) in [7, 11) is 1.55. The van der Waals surface area contributed by atoms with Crippen LogP contribution in [0, 0.1) is 12.8 Å². The van der Waals surface area contributed by atoms with E-state index in [4.69, 9.17) is 4.74 Å². The van der Waals surface area contributed by atoms with Gasteiger partial charge in [0.05, 0.1) is 24.4 Å². The van der Waals surface area contributed by atoms with E-state index < -0.39 is 0 Å². The van der Waals surface area contributed by atoms with Gasteiger partial charge in [0.1, 0.15) is 10.6 Å². The fourth-order valence-electron chi connectivity index (χ4n) is 2.49. The second-order valence-electron chi connectivity index (χ2n) is 5.81. The molecule has 0 bridgehead atoms. The monoisotopic (exact) mass is 332 g/mol. The van der Waals surface area contributed by atoms with Gasteiger partial charge in [0.25, 0.3) is 5.91 Å². The molecule has 1 fully saturated rings. The number of carbonyl (C=O) groups excluding carboxylic acids is 1. The highest BCUT2D eigenvalue weighted by Crippen LogP contribution is 2.34. The Balaban J connectivity index is 1.74. The summed E-state index contributed by atoms with van der Waals surface area (Å²) in [4.78, 5) is 17.6. The molecule has 1 saturated carbocycles. The second-order valence-corrected chi connectivity index (χ2v) is 6.89. The predicted molar refractivity (Wildman–Crippen MR) is 90.1 cm³/mol. The Labute approximate surface area is 139 Å². The number of anilines is 1. The van der Waals surface area contributed by atoms with Crippen LogP contribution < -0.4 is 10.1 Å². The number of rotatable bonds is 6. The van der Waals surface area contributed by atoms with E-state index in [0.717, 1.165) is 23.0 Å². The Kier molecular flexibility index (Phi) is 4.63. The van der Waals surface area contributed by atoms with Crippen molar-refractivity contribution >= 4 is 22.9 Å². The average molecular weight is 332 g/mol. The highest BCUT2D eigenvalue weighted by molar-refractivity contribution is 7.13. The lowest BCUT2D eigenvalue weighted by atomic mass is 10.2. The summed E-state index contributed by atoms with van der Waals surface area (Å²) < 4.78 is 5.17. The number of methoxy groups -OCH3 is 1. The number of nitrogens with zero attached hydrogens (tertiary/aromatic N) is 1. The zero-order chi connectivity index (χ0) is 16.4. The van der Waals surface area contributed by atoms with Crippen LogP contribution in [-0.4, -0.2) is 23.1 Å². The minimum absolute atomic E-state index is 0.141. The first-order valence-electron chi connectivity index (χ1n) is 7.66. The average Bonchev–Trinajstić information content (AvgIpc) is 3.28. The number of hydrogen-bond donors (Lipinski definition) is 2. The molecule has 122 valence electrons. The minimum Gasteiger partial charge on any atom is -0.496 e. The molecular weight excluding hydrogens is 312 g/mol. The third-order valence-electron chi connectivity index (χ3n) is 3.92. The number of aliphatic hydroxyl groups excluding tert-OH is 1. The Morgan fingerprint density at radius 2 is 2.26 bits per heavy atom. The lowest BCUT2D eigenvalue weighted by Gasteiger charge is -2.09. The fraction of sp³-hybridized carbons (Fsp3) is 0.412. The number of ether oxygens (including phenoxy) is 1. The van der Waals surface area contributed by atoms with Gasteiger partial charge in [0.15, 0.2) is 0 Å². The van der Waals surface area contributed by atoms with Crippen molar-refractivity contribution < 1.29 is 14.6 Å². The van der Waals surface area contributed by atoms with Crippen LogP contribution in [0.3, 0.4) is 0 Å². The quantitative estimate of drug-likeness (QED) is 0.852. The molecule has 0 spiro atoms. The summed E-state index contributed by atoms with van der Waals surface area (Å²) in [6.45, 7) is 1.73. The molecule has 0 atom stereocenters. The van der Waals surface area contributed by atoms with Crippen molar-refractivity contribution in [1.29, 1.82) is 0 Å². The molecule has 5 nitrogen and oxygen atoms in total. The van der Waals surface area contributed by atoms with E-state index in [9.17, 15) is 9.90 Å². The van der Waals surface area contributed by atoms with Gasteiger partial charge in [-0.1, -0.05) is 0 Å². The molecule has 1 aliphatic carbocycles. The van der Waals surface area contributed by atoms with Crippen LogP contribution in [-0.2, 0) is 13.0 Å². The van der Waals surface area contributed by atoms with E-state index in [-0.39, 0.29) is 12.5 Å². The van der Waals surface area contributed by atoms with Gasteiger partial charge in [-0.2, -0.15) is 0 Å². The summed E-state index contributed by atoms with van der Waals surface area (Å²) >= 11 is 1.48. The maximum atomic E-state index is 12.5. The molecule has 1 heterocycles. The lowest BCUT2D eigenvalue weighted by molar-refractivity contribution is 0.102. The first-order valence-corrected chi connectivity index (χ1v) is 8.47. The van der Waals surface area contributed by atoms with Crippen LogP contribution in [0.4, 0.5) is 5.69 Å². The van der Waals surface area contributed by atoms with Crippen LogP contribution in [0.15, 0.2) is 18.2 Å². The summed E-state index contributed by atoms with van der Waals surface area (Å²) in [6, 6.07) is 5.22. The van der Waals surface area contributed by atoms with Gasteiger partial charge < -0.3 is 15.2 Å². The van der Waals surface area contributed by atoms with Gasteiger partial charge in [-0.3, -0.25) is 4.79 Å². The van der Waals surface area contributed by atoms with Crippen molar-refractivity contribution in [1.82, 2.24) is 4.98 Å². The molecule has 0 radical (unpaired) electrons. The number of hydrogen-bond acceptors (Lipinski definition) is 5. The number of benzene rings is 1. The van der Waals surface area contributed by atoms with Crippen LogP contribution in [0.2, 0.25) is 0 Å². The SMILES string of the molecule is COc1ccc(NC(=O)c2sc(CC3CC3)nc2C)cc1CO. The standard InChI is InChI=1S/C17H20N2O3S/c1-10-16(23-15(18-10)7-11-3-4-11)17(21)19-13-5-6-14(22-2)12(8-13)9-20/h5-6,8,11,20H,3-4,7,9H2,1-2H3,(H,19,21). The second kappa shape index (κ2) is 6.68. The molecule has 0 saturated heterocycles. The van der Waals surface area contributed by atoms with E-state index in [1.807, 2.05) is 6.92 Å². The summed E-state index contributed by atoms with van der Waals surface area (Å²) in [6.07, 6.45) is 3.53. The maximum Gasteiger partial charge on any atom is 0.267 e. The number of aryl methyl sites for hydroxylation is 1. The number of carbonyl (C=O) groups is 1. The van der Waals surface area contributed by atoms with E-state index >= 15 is 0 Å². The molecule has 2 N–H and O–H groups in total. The minimum atomic E-state index is -0.156. The maximum absolute atomic E-state index is 12.5. The van der Waals surface area contributed by atoms with Crippen molar-refractivity contribution in [3.63, 3.8) is 0 Å². The Morgan fingerprint density at radius 3 is 2.91 bits per heavy atom. The number of aliphatic hydroxyl groups is 1. The van der Waals surface area contributed by atoms with Crippen molar-refractivity contribution in [2.75, 3.05) is 12.4 Å². The van der Waals surface area contributed by atoms with Crippen LogP contribution >= 0.6 is 11.3 Å². The number of thiazole rings is 1. The Morgan fingerprint density at radius 1 is 1.48 bits per heavy atom. The number of nitrogens with one attached hydrogen (secondary N) is 1. The largest absolute Gasteiger partial charge is 0.496 e. The molecule has 1 aliphatic rings. The molecule has 23 heavy (non-hydrogen) atoms. The van der Waals surface area contributed by atoms with Crippen molar-refractivity contribution in [2.24, 2.45) is 5.92 Å². The predicted octanol–water partition coefficient (Wildman–Crippen LogP) is 3.16. The summed E-state index contributed by atoms with van der Waals surface area (Å²) in [5, 5.41) is 13.3. The van der Waals surface area contributed by atoms with Crippen LogP contribution in [0.1, 0.15) is 38.8 Å². The zero-order valence-electron chi connectivity index (χ0n) is 13.3. The van der Waals surface area contributed by atoms with Crippen molar-refractivity contribution in [2.45, 2.75) is 32.8 Å².